The van der Waals surface area contributed by atoms with E-state index in [4.69, 9.17) is 0 Å². The molecule has 8 heteroatoms. The highest BCUT2D eigenvalue weighted by Gasteiger charge is 2.40. The molecule has 0 aromatic carbocycles. The lowest BCUT2D eigenvalue weighted by Crippen LogP contribution is -2.57. The van der Waals surface area contributed by atoms with E-state index in [1.165, 1.54) is 0 Å². The lowest BCUT2D eigenvalue weighted by Gasteiger charge is -2.39. The topological polar surface area (TPSA) is 90.9 Å². The first-order valence-electron chi connectivity index (χ1n) is 7.68. The Kier molecular flexibility index (Phi) is 6.65. The zero-order valence-electron chi connectivity index (χ0n) is 14.0. The maximum atomic E-state index is 12.0. The molecule has 7 nitrogen and oxygen atoms in total. The Balaban J connectivity index is 2.51. The molecule has 0 radical (unpaired) electrons. The van der Waals surface area contributed by atoms with Gasteiger partial charge in [0.2, 0.25) is 5.91 Å². The summed E-state index contributed by atoms with van der Waals surface area (Å²) < 4.78 is 23.3. The quantitative estimate of drug-likeness (QED) is 0.546. The van der Waals surface area contributed by atoms with E-state index >= 15 is 0 Å². The largest absolute Gasteiger partial charge is 0.356 e. The van der Waals surface area contributed by atoms with Gasteiger partial charge in [-0.2, -0.15) is 0 Å². The Morgan fingerprint density at radius 2 is 1.95 bits per heavy atom. The van der Waals surface area contributed by atoms with Crippen molar-refractivity contribution < 1.29 is 13.2 Å². The summed E-state index contributed by atoms with van der Waals surface area (Å²) in [6.07, 6.45) is 1.28. The van der Waals surface area contributed by atoms with E-state index < -0.39 is 14.6 Å². The second kappa shape index (κ2) is 7.80. The summed E-state index contributed by atoms with van der Waals surface area (Å²) in [5.41, 5.74) is 0. The van der Waals surface area contributed by atoms with Crippen LogP contribution in [0.3, 0.4) is 0 Å². The third kappa shape index (κ3) is 4.86. The predicted molar refractivity (Wildman–Crippen MR) is 88.7 cm³/mol. The summed E-state index contributed by atoms with van der Waals surface area (Å²) in [6.45, 7) is 7.47. The van der Waals surface area contributed by atoms with Crippen LogP contribution < -0.4 is 10.6 Å². The number of rotatable bonds is 5. The molecule has 0 aromatic rings. The number of guanidine groups is 1. The molecule has 0 spiro atoms. The monoisotopic (exact) mass is 332 g/mol. The Morgan fingerprint density at radius 1 is 1.27 bits per heavy atom. The second-order valence-corrected chi connectivity index (χ2v) is 8.82. The van der Waals surface area contributed by atoms with Crippen LogP contribution in [0.15, 0.2) is 4.99 Å². The van der Waals surface area contributed by atoms with Crippen molar-refractivity contribution in [2.24, 2.45) is 4.99 Å². The normalized spacial score (nSPS) is 20.5. The summed E-state index contributed by atoms with van der Waals surface area (Å²) in [7, 11) is -1.41. The smallest absolute Gasteiger partial charge is 0.221 e. The maximum Gasteiger partial charge on any atom is 0.221 e. The zero-order chi connectivity index (χ0) is 16.8. The van der Waals surface area contributed by atoms with Gasteiger partial charge >= 0.3 is 0 Å². The van der Waals surface area contributed by atoms with Gasteiger partial charge in [-0.05, 0) is 20.3 Å². The Bertz CT molecular complexity index is 514. The third-order valence-corrected chi connectivity index (χ3v) is 6.30. The standard InChI is InChI=1S/C14H28N4O3S/c1-5-7-16-12(19)6-8-17-13(15-4)18-9-10-22(20,21)14(2,3)11-18/h5-11H2,1-4H3,(H,15,17)(H,16,19). The summed E-state index contributed by atoms with van der Waals surface area (Å²) in [6, 6.07) is 0. The fourth-order valence-corrected chi connectivity index (χ4v) is 3.66. The lowest BCUT2D eigenvalue weighted by atomic mass is 10.2. The number of hydrogen-bond donors (Lipinski definition) is 2. The summed E-state index contributed by atoms with van der Waals surface area (Å²) in [5, 5.41) is 5.95. The second-order valence-electron chi connectivity index (χ2n) is 6.07. The van der Waals surface area contributed by atoms with Crippen molar-refractivity contribution in [2.45, 2.75) is 38.4 Å². The molecule has 22 heavy (non-hydrogen) atoms. The highest BCUT2D eigenvalue weighted by molar-refractivity contribution is 7.92. The van der Waals surface area contributed by atoms with Gasteiger partial charge in [0.15, 0.2) is 15.8 Å². The van der Waals surface area contributed by atoms with Crippen LogP contribution in [0.5, 0.6) is 0 Å². The average molecular weight is 332 g/mol. The first kappa shape index (κ1) is 18.7. The predicted octanol–water partition coefficient (Wildman–Crippen LogP) is -0.0129. The fourth-order valence-electron chi connectivity index (χ4n) is 2.30. The summed E-state index contributed by atoms with van der Waals surface area (Å²) >= 11 is 0. The molecule has 1 fully saturated rings. The zero-order valence-corrected chi connectivity index (χ0v) is 14.8. The van der Waals surface area contributed by atoms with Gasteiger partial charge in [-0.15, -0.1) is 0 Å². The van der Waals surface area contributed by atoms with Gasteiger partial charge in [0.1, 0.15) is 0 Å². The van der Waals surface area contributed by atoms with E-state index in [0.717, 1.165) is 6.42 Å². The Labute approximate surface area is 133 Å². The molecule has 1 rings (SSSR count). The number of nitrogens with one attached hydrogen (secondary N) is 2. The highest BCUT2D eigenvalue weighted by atomic mass is 32.2. The Morgan fingerprint density at radius 3 is 2.50 bits per heavy atom. The minimum Gasteiger partial charge on any atom is -0.356 e. The van der Waals surface area contributed by atoms with E-state index in [-0.39, 0.29) is 11.7 Å². The Hall–Kier alpha value is -1.31. The molecular formula is C14H28N4O3S. The molecule has 1 aliphatic rings. The lowest BCUT2D eigenvalue weighted by molar-refractivity contribution is -0.120. The van der Waals surface area contributed by atoms with E-state index in [1.807, 2.05) is 11.8 Å². The van der Waals surface area contributed by atoms with Crippen LogP contribution in [0.25, 0.3) is 0 Å². The number of carbonyl (C=O) groups excluding carboxylic acids is 1. The van der Waals surface area contributed by atoms with E-state index in [0.29, 0.717) is 38.6 Å². The van der Waals surface area contributed by atoms with E-state index in [2.05, 4.69) is 15.6 Å². The van der Waals surface area contributed by atoms with Gasteiger partial charge < -0.3 is 15.5 Å². The maximum absolute atomic E-state index is 12.0. The molecule has 0 saturated carbocycles. The van der Waals surface area contributed by atoms with Gasteiger partial charge in [-0.3, -0.25) is 9.79 Å². The number of nitrogens with zero attached hydrogens (tertiary/aromatic N) is 2. The van der Waals surface area contributed by atoms with Crippen molar-refractivity contribution >= 4 is 21.7 Å². The number of sulfone groups is 1. The molecule has 2 N–H and O–H groups in total. The summed E-state index contributed by atoms with van der Waals surface area (Å²) in [5.74, 6) is 0.773. The molecule has 0 bridgehead atoms. The van der Waals surface area contributed by atoms with Crippen molar-refractivity contribution in [3.05, 3.63) is 0 Å². The minimum absolute atomic E-state index is 0.00588. The van der Waals surface area contributed by atoms with Crippen LogP contribution in [0, 0.1) is 0 Å². The van der Waals surface area contributed by atoms with E-state index in [9.17, 15) is 13.2 Å². The van der Waals surface area contributed by atoms with E-state index in [1.54, 1.807) is 20.9 Å². The number of aliphatic imine (C=N–C) groups is 1. The van der Waals surface area contributed by atoms with Gasteiger partial charge in [-0.1, -0.05) is 6.92 Å². The van der Waals surface area contributed by atoms with Crippen molar-refractivity contribution in [1.29, 1.82) is 0 Å². The van der Waals surface area contributed by atoms with Gasteiger partial charge in [-0.25, -0.2) is 8.42 Å². The van der Waals surface area contributed by atoms with Crippen molar-refractivity contribution in [2.75, 3.05) is 39.0 Å². The number of hydrogen-bond acceptors (Lipinski definition) is 4. The van der Waals surface area contributed by atoms with Gasteiger partial charge in [0, 0.05) is 39.6 Å². The molecule has 0 aliphatic carbocycles. The van der Waals surface area contributed by atoms with Crippen LogP contribution in [-0.2, 0) is 14.6 Å². The van der Waals surface area contributed by atoms with Crippen molar-refractivity contribution in [3.63, 3.8) is 0 Å². The van der Waals surface area contributed by atoms with Crippen LogP contribution in [0.4, 0.5) is 0 Å². The van der Waals surface area contributed by atoms with Crippen LogP contribution in [0.2, 0.25) is 0 Å². The highest BCUT2D eigenvalue weighted by Crippen LogP contribution is 2.23. The average Bonchev–Trinajstić information content (AvgIpc) is 2.44. The molecule has 1 heterocycles. The SMILES string of the molecule is CCCNC(=O)CCNC(=NC)N1CCS(=O)(=O)C(C)(C)C1. The van der Waals surface area contributed by atoms with Gasteiger partial charge in [0.05, 0.1) is 10.5 Å². The fraction of sp³-hybridized carbons (Fsp3) is 0.857. The number of carbonyl (C=O) groups is 1. The molecule has 128 valence electrons. The van der Waals surface area contributed by atoms with Crippen molar-refractivity contribution in [3.8, 4) is 0 Å². The molecule has 1 amide bonds. The van der Waals surface area contributed by atoms with Crippen LogP contribution >= 0.6 is 0 Å². The van der Waals surface area contributed by atoms with Gasteiger partial charge in [0.25, 0.3) is 0 Å². The molecule has 0 atom stereocenters. The summed E-state index contributed by atoms with van der Waals surface area (Å²) in [4.78, 5) is 17.7. The minimum atomic E-state index is -3.07. The van der Waals surface area contributed by atoms with Crippen molar-refractivity contribution in [1.82, 2.24) is 15.5 Å². The third-order valence-electron chi connectivity index (χ3n) is 3.76. The molecule has 0 unspecified atom stereocenters. The molecular weight excluding hydrogens is 304 g/mol. The van der Waals surface area contributed by atoms with Crippen LogP contribution in [0.1, 0.15) is 33.6 Å². The number of amides is 1. The van der Waals surface area contributed by atoms with Crippen LogP contribution in [-0.4, -0.2) is 68.9 Å². The molecule has 0 aromatic heterocycles. The first-order chi connectivity index (χ1) is 10.2. The molecule has 1 aliphatic heterocycles. The first-order valence-corrected chi connectivity index (χ1v) is 9.33. The molecule has 1 saturated heterocycles.